The zero-order chi connectivity index (χ0) is 21.0. The second-order valence-corrected chi connectivity index (χ2v) is 7.34. The highest BCUT2D eigenvalue weighted by molar-refractivity contribution is 5.50. The number of nitrogens with zero attached hydrogens (tertiary/aromatic N) is 4. The number of alkyl halides is 3. The van der Waals surface area contributed by atoms with Crippen LogP contribution in [0, 0.1) is 12.7 Å². The molecule has 1 atom stereocenters. The molecule has 29 heavy (non-hydrogen) atoms. The van der Waals surface area contributed by atoms with Gasteiger partial charge in [-0.3, -0.25) is 4.79 Å². The molecule has 3 heterocycles. The first-order valence-corrected chi connectivity index (χ1v) is 8.99. The van der Waals surface area contributed by atoms with Crippen LogP contribution in [0.4, 0.5) is 17.6 Å². The van der Waals surface area contributed by atoms with Gasteiger partial charge >= 0.3 is 6.18 Å². The lowest BCUT2D eigenvalue weighted by atomic mass is 9.75. The molecule has 0 fully saturated rings. The number of aryl methyl sites for hydroxylation is 1. The van der Waals surface area contributed by atoms with Gasteiger partial charge < -0.3 is 9.55 Å². The van der Waals surface area contributed by atoms with Gasteiger partial charge in [-0.05, 0) is 38.8 Å². The molecule has 0 saturated heterocycles. The monoisotopic (exact) mass is 407 g/mol. The van der Waals surface area contributed by atoms with E-state index in [1.54, 1.807) is 18.4 Å². The zero-order valence-corrected chi connectivity index (χ0v) is 15.6. The molecule has 0 unspecified atom stereocenters. The van der Waals surface area contributed by atoms with Crippen molar-refractivity contribution >= 4 is 0 Å². The molecule has 0 spiro atoms. The number of halogens is 4. The Kier molecular flexibility index (Phi) is 4.32. The second kappa shape index (κ2) is 6.50. The molecule has 2 aromatic heterocycles. The number of fused-ring (bicyclic) bond motifs is 1. The summed E-state index contributed by atoms with van der Waals surface area (Å²) < 4.78 is 55.2. The molecule has 10 heteroatoms. The minimum Gasteiger partial charge on any atom is -0.311 e. The van der Waals surface area contributed by atoms with E-state index < -0.39 is 23.0 Å². The molecule has 4 rings (SSSR count). The topological polar surface area (TPSA) is 76.5 Å². The minimum absolute atomic E-state index is 0.125. The summed E-state index contributed by atoms with van der Waals surface area (Å²) in [5, 5.41) is 8.36. The van der Waals surface area contributed by atoms with Gasteiger partial charge in [0.05, 0.1) is 11.0 Å². The molecule has 0 aliphatic carbocycles. The maximum Gasteiger partial charge on any atom is 0.416 e. The molecule has 1 aromatic carbocycles. The second-order valence-electron chi connectivity index (χ2n) is 7.34. The van der Waals surface area contributed by atoms with Gasteiger partial charge in [0.15, 0.2) is 5.82 Å². The largest absolute Gasteiger partial charge is 0.416 e. The van der Waals surface area contributed by atoms with Gasteiger partial charge in [0.25, 0.3) is 5.56 Å². The van der Waals surface area contributed by atoms with E-state index in [9.17, 15) is 22.4 Å². The Morgan fingerprint density at radius 3 is 2.62 bits per heavy atom. The van der Waals surface area contributed by atoms with E-state index >= 15 is 0 Å². The average molecular weight is 407 g/mol. The Hall–Kier alpha value is -3.04. The Morgan fingerprint density at radius 1 is 1.21 bits per heavy atom. The maximum absolute atomic E-state index is 14.7. The van der Waals surface area contributed by atoms with Crippen LogP contribution in [0.3, 0.4) is 0 Å². The van der Waals surface area contributed by atoms with Crippen molar-refractivity contribution in [1.29, 1.82) is 0 Å². The van der Waals surface area contributed by atoms with E-state index in [0.29, 0.717) is 48.6 Å². The lowest BCUT2D eigenvalue weighted by molar-refractivity contribution is -0.137. The lowest BCUT2D eigenvalue weighted by Crippen LogP contribution is -2.34. The van der Waals surface area contributed by atoms with Crippen molar-refractivity contribution < 1.29 is 17.6 Å². The van der Waals surface area contributed by atoms with Gasteiger partial charge in [-0.2, -0.15) is 13.2 Å². The molecule has 3 aromatic rings. The Labute approximate surface area is 162 Å². The molecular weight excluding hydrogens is 390 g/mol. The van der Waals surface area contributed by atoms with Crippen molar-refractivity contribution in [3.63, 3.8) is 0 Å². The number of hydrogen-bond acceptors (Lipinski definition) is 4. The van der Waals surface area contributed by atoms with Crippen LogP contribution in [0.15, 0.2) is 29.1 Å². The Balaban J connectivity index is 1.84. The molecule has 1 aliphatic rings. The number of nitrogens with one attached hydrogen (secondary N) is 1. The number of aromatic amines is 1. The number of aromatic nitrogens is 5. The standard InChI is InChI=1S/C19H17F4N5O/c1-10-24-14(9-15(29)25-10)16-26-27-17-18(2,6-3-7-28(16)17)12-5-4-11(8-13(12)20)19(21,22)23/h4-5,8-9H,3,6-7H2,1-2H3,(H,24,25,29)/t18-/m1/s1. The highest BCUT2D eigenvalue weighted by atomic mass is 19.4. The van der Waals surface area contributed by atoms with Crippen LogP contribution in [0.5, 0.6) is 0 Å². The van der Waals surface area contributed by atoms with Crippen LogP contribution < -0.4 is 5.56 Å². The van der Waals surface area contributed by atoms with Gasteiger partial charge in [-0.25, -0.2) is 9.37 Å². The van der Waals surface area contributed by atoms with Gasteiger partial charge in [-0.15, -0.1) is 10.2 Å². The van der Waals surface area contributed by atoms with Crippen LogP contribution >= 0.6 is 0 Å². The summed E-state index contributed by atoms with van der Waals surface area (Å²) in [5.74, 6) is 0.271. The van der Waals surface area contributed by atoms with Gasteiger partial charge in [0.2, 0.25) is 0 Å². The third kappa shape index (κ3) is 3.22. The Bertz CT molecular complexity index is 1150. The first kappa shape index (κ1) is 19.3. The van der Waals surface area contributed by atoms with Crippen molar-refractivity contribution in [1.82, 2.24) is 24.7 Å². The zero-order valence-electron chi connectivity index (χ0n) is 15.6. The van der Waals surface area contributed by atoms with Crippen LogP contribution in [0.25, 0.3) is 11.5 Å². The van der Waals surface area contributed by atoms with Crippen molar-refractivity contribution in [2.75, 3.05) is 0 Å². The van der Waals surface area contributed by atoms with Crippen molar-refractivity contribution in [3.8, 4) is 11.5 Å². The third-order valence-electron chi connectivity index (χ3n) is 5.28. The first-order valence-electron chi connectivity index (χ1n) is 8.99. The predicted molar refractivity (Wildman–Crippen MR) is 95.7 cm³/mol. The molecular formula is C19H17F4N5O. The molecule has 0 radical (unpaired) electrons. The summed E-state index contributed by atoms with van der Waals surface area (Å²) in [4.78, 5) is 18.6. The first-order chi connectivity index (χ1) is 13.6. The summed E-state index contributed by atoms with van der Waals surface area (Å²) in [7, 11) is 0. The maximum atomic E-state index is 14.7. The molecule has 0 saturated carbocycles. The van der Waals surface area contributed by atoms with Crippen LogP contribution in [0.1, 0.15) is 42.5 Å². The fourth-order valence-corrected chi connectivity index (χ4v) is 3.90. The number of H-pyrrole nitrogens is 1. The van der Waals surface area contributed by atoms with Gasteiger partial charge in [0, 0.05) is 18.2 Å². The number of rotatable bonds is 2. The van der Waals surface area contributed by atoms with Gasteiger partial charge in [0.1, 0.15) is 23.2 Å². The van der Waals surface area contributed by atoms with E-state index in [4.69, 9.17) is 0 Å². The van der Waals surface area contributed by atoms with Crippen molar-refractivity contribution in [3.05, 3.63) is 63.2 Å². The number of hydrogen-bond donors (Lipinski definition) is 1. The van der Waals surface area contributed by atoms with E-state index in [0.717, 1.165) is 12.1 Å². The molecule has 1 N–H and O–H groups in total. The van der Waals surface area contributed by atoms with Crippen molar-refractivity contribution in [2.24, 2.45) is 0 Å². The summed E-state index contributed by atoms with van der Waals surface area (Å²) in [6.07, 6.45) is -3.49. The fraction of sp³-hybridized carbons (Fsp3) is 0.368. The molecule has 152 valence electrons. The molecule has 0 bridgehead atoms. The van der Waals surface area contributed by atoms with E-state index in [-0.39, 0.29) is 11.1 Å². The van der Waals surface area contributed by atoms with Crippen LogP contribution in [-0.2, 0) is 18.1 Å². The normalized spacial score (nSPS) is 19.2. The fourth-order valence-electron chi connectivity index (χ4n) is 3.90. The van der Waals surface area contributed by atoms with E-state index in [1.165, 1.54) is 6.07 Å². The Morgan fingerprint density at radius 2 is 1.97 bits per heavy atom. The lowest BCUT2D eigenvalue weighted by Gasteiger charge is -2.34. The molecule has 1 aliphatic heterocycles. The summed E-state index contributed by atoms with van der Waals surface area (Å²) in [5.41, 5.74) is -1.88. The smallest absolute Gasteiger partial charge is 0.311 e. The summed E-state index contributed by atoms with van der Waals surface area (Å²) in [6.45, 7) is 3.90. The van der Waals surface area contributed by atoms with E-state index in [2.05, 4.69) is 20.2 Å². The summed E-state index contributed by atoms with van der Waals surface area (Å²) in [6, 6.07) is 3.85. The SMILES string of the molecule is Cc1nc(-c2nnc3n2CCC[C@]3(C)c2ccc(C(F)(F)F)cc2F)cc(=O)[nH]1. The molecule has 6 nitrogen and oxygen atoms in total. The molecule has 0 amide bonds. The quantitative estimate of drug-likeness (QED) is 0.659. The van der Waals surface area contributed by atoms with E-state index in [1.807, 2.05) is 0 Å². The van der Waals surface area contributed by atoms with Crippen molar-refractivity contribution in [2.45, 2.75) is 44.8 Å². The third-order valence-corrected chi connectivity index (χ3v) is 5.28. The van der Waals surface area contributed by atoms with Crippen LogP contribution in [-0.4, -0.2) is 24.7 Å². The highest BCUT2D eigenvalue weighted by Crippen LogP contribution is 2.42. The minimum atomic E-state index is -4.62. The van der Waals surface area contributed by atoms with Gasteiger partial charge in [-0.1, -0.05) is 6.07 Å². The van der Waals surface area contributed by atoms with Crippen LogP contribution in [0.2, 0.25) is 0 Å². The predicted octanol–water partition coefficient (Wildman–Crippen LogP) is 3.59. The number of benzene rings is 1. The average Bonchev–Trinajstić information content (AvgIpc) is 3.05. The highest BCUT2D eigenvalue weighted by Gasteiger charge is 2.41. The summed E-state index contributed by atoms with van der Waals surface area (Å²) >= 11 is 0.